The topological polar surface area (TPSA) is 76.1 Å². The molecule has 0 radical (unpaired) electrons. The first kappa shape index (κ1) is 13.3. The number of methoxy groups -OCH3 is 1. The van der Waals surface area contributed by atoms with Gasteiger partial charge in [-0.05, 0) is 24.3 Å². The van der Waals surface area contributed by atoms with Crippen LogP contribution >= 0.6 is 11.3 Å². The number of hydrogen-bond acceptors (Lipinski definition) is 6. The highest BCUT2D eigenvalue weighted by atomic mass is 32.1. The number of thiazole rings is 1. The van der Waals surface area contributed by atoms with Crippen LogP contribution < -0.4 is 10.4 Å². The summed E-state index contributed by atoms with van der Waals surface area (Å²) >= 11 is 1.35. The van der Waals surface area contributed by atoms with Crippen LogP contribution in [0.2, 0.25) is 0 Å². The first-order valence-corrected chi connectivity index (χ1v) is 7.03. The van der Waals surface area contributed by atoms with Crippen LogP contribution in [0.4, 0.5) is 0 Å². The Balaban J connectivity index is 2.14. The molecule has 1 aromatic carbocycles. The number of benzene rings is 1. The highest BCUT2D eigenvalue weighted by molar-refractivity contribution is 7.10. The number of nitriles is 1. The van der Waals surface area contributed by atoms with E-state index in [0.29, 0.717) is 27.6 Å². The van der Waals surface area contributed by atoms with E-state index in [1.165, 1.54) is 11.3 Å². The van der Waals surface area contributed by atoms with Gasteiger partial charge in [-0.25, -0.2) is 9.78 Å². The molecule has 0 amide bonds. The van der Waals surface area contributed by atoms with E-state index in [1.807, 2.05) is 6.07 Å². The van der Waals surface area contributed by atoms with E-state index in [-0.39, 0.29) is 6.42 Å². The van der Waals surface area contributed by atoms with Gasteiger partial charge in [-0.3, -0.25) is 0 Å². The van der Waals surface area contributed by atoms with Gasteiger partial charge in [0.05, 0.1) is 30.9 Å². The van der Waals surface area contributed by atoms with Crippen LogP contribution in [-0.2, 0) is 6.42 Å². The summed E-state index contributed by atoms with van der Waals surface area (Å²) in [5, 5.41) is 11.9. The van der Waals surface area contributed by atoms with Crippen LogP contribution in [0.15, 0.2) is 38.9 Å². The van der Waals surface area contributed by atoms with Crippen molar-refractivity contribution in [3.05, 3.63) is 45.1 Å². The van der Waals surface area contributed by atoms with Crippen molar-refractivity contribution >= 4 is 22.3 Å². The van der Waals surface area contributed by atoms with E-state index in [4.69, 9.17) is 14.4 Å². The third-order valence-electron chi connectivity index (χ3n) is 3.00. The molecular formula is C15H10N2O3S. The summed E-state index contributed by atoms with van der Waals surface area (Å²) in [5.74, 6) is 0.686. The molecule has 0 aliphatic carbocycles. The number of rotatable bonds is 3. The minimum absolute atomic E-state index is 0.234. The molecule has 104 valence electrons. The molecule has 0 unspecified atom stereocenters. The lowest BCUT2D eigenvalue weighted by Crippen LogP contribution is -2.03. The minimum atomic E-state index is -0.443. The molecule has 0 saturated heterocycles. The van der Waals surface area contributed by atoms with Crippen LogP contribution in [0, 0.1) is 11.3 Å². The fraction of sp³-hybridized carbons (Fsp3) is 0.133. The lowest BCUT2D eigenvalue weighted by molar-refractivity contribution is 0.415. The van der Waals surface area contributed by atoms with Crippen LogP contribution in [0.5, 0.6) is 5.75 Å². The zero-order chi connectivity index (χ0) is 14.8. The molecule has 21 heavy (non-hydrogen) atoms. The molecule has 0 aliphatic rings. The lowest BCUT2D eigenvalue weighted by atomic mass is 10.1. The first-order chi connectivity index (χ1) is 10.2. The van der Waals surface area contributed by atoms with Gasteiger partial charge in [0.2, 0.25) is 0 Å². The van der Waals surface area contributed by atoms with Gasteiger partial charge in [0, 0.05) is 10.8 Å². The molecule has 0 fully saturated rings. The zero-order valence-electron chi connectivity index (χ0n) is 11.1. The van der Waals surface area contributed by atoms with Crippen molar-refractivity contribution in [2.45, 2.75) is 6.42 Å². The molecule has 5 nitrogen and oxygen atoms in total. The van der Waals surface area contributed by atoms with Gasteiger partial charge in [-0.2, -0.15) is 5.26 Å². The maximum absolute atomic E-state index is 12.1. The van der Waals surface area contributed by atoms with E-state index in [9.17, 15) is 4.79 Å². The smallest absolute Gasteiger partial charge is 0.345 e. The Kier molecular flexibility index (Phi) is 3.42. The molecule has 0 aliphatic heterocycles. The van der Waals surface area contributed by atoms with Gasteiger partial charge in [-0.1, -0.05) is 0 Å². The molecule has 0 atom stereocenters. The fourth-order valence-electron chi connectivity index (χ4n) is 1.99. The monoisotopic (exact) mass is 298 g/mol. The Morgan fingerprint density at radius 1 is 1.43 bits per heavy atom. The van der Waals surface area contributed by atoms with E-state index < -0.39 is 5.63 Å². The van der Waals surface area contributed by atoms with E-state index in [1.54, 1.807) is 36.8 Å². The largest absolute Gasteiger partial charge is 0.497 e. The van der Waals surface area contributed by atoms with Crippen molar-refractivity contribution in [3.8, 4) is 23.1 Å². The predicted octanol–water partition coefficient (Wildman–Crippen LogP) is 2.99. The average molecular weight is 298 g/mol. The molecule has 2 heterocycles. The summed E-state index contributed by atoms with van der Waals surface area (Å²) in [6.45, 7) is 0. The molecule has 0 spiro atoms. The SMILES string of the molecule is COc1ccc2oc(=O)c(-c3csc(CC#N)n3)cc2c1. The van der Waals surface area contributed by atoms with Gasteiger partial charge in [0.1, 0.15) is 16.3 Å². The van der Waals surface area contributed by atoms with E-state index in [2.05, 4.69) is 4.98 Å². The normalized spacial score (nSPS) is 10.5. The van der Waals surface area contributed by atoms with Crippen molar-refractivity contribution in [3.63, 3.8) is 0 Å². The average Bonchev–Trinajstić information content (AvgIpc) is 2.95. The Bertz CT molecular complexity index is 905. The molecule has 0 saturated carbocycles. The van der Waals surface area contributed by atoms with Gasteiger partial charge < -0.3 is 9.15 Å². The van der Waals surface area contributed by atoms with E-state index >= 15 is 0 Å². The number of ether oxygens (including phenoxy) is 1. The minimum Gasteiger partial charge on any atom is -0.497 e. The van der Waals surface area contributed by atoms with Crippen molar-refractivity contribution in [2.75, 3.05) is 7.11 Å². The number of fused-ring (bicyclic) bond motifs is 1. The summed E-state index contributed by atoms with van der Waals surface area (Å²) < 4.78 is 10.5. The molecule has 0 bridgehead atoms. The maximum atomic E-state index is 12.1. The Labute approximate surface area is 124 Å². The third kappa shape index (κ3) is 2.51. The standard InChI is InChI=1S/C15H10N2O3S/c1-19-10-2-3-13-9(6-10)7-11(15(18)20-13)12-8-21-14(17-12)4-5-16/h2-3,6-8H,4H2,1H3. The summed E-state index contributed by atoms with van der Waals surface area (Å²) in [5.41, 5.74) is 0.971. The number of aromatic nitrogens is 1. The maximum Gasteiger partial charge on any atom is 0.345 e. The third-order valence-corrected chi connectivity index (χ3v) is 3.85. The number of nitrogens with zero attached hydrogens (tertiary/aromatic N) is 2. The van der Waals surface area contributed by atoms with Gasteiger partial charge in [-0.15, -0.1) is 11.3 Å². The summed E-state index contributed by atoms with van der Waals surface area (Å²) in [6.07, 6.45) is 0.234. The number of hydrogen-bond donors (Lipinski definition) is 0. The molecule has 0 N–H and O–H groups in total. The van der Waals surface area contributed by atoms with Gasteiger partial charge in [0.25, 0.3) is 0 Å². The molecule has 6 heteroatoms. The zero-order valence-corrected chi connectivity index (χ0v) is 11.9. The molecule has 3 rings (SSSR count). The second-order valence-corrected chi connectivity index (χ2v) is 5.26. The molecule has 2 aromatic heterocycles. The van der Waals surface area contributed by atoms with Gasteiger partial charge in [0.15, 0.2) is 0 Å². The lowest BCUT2D eigenvalue weighted by Gasteiger charge is -2.02. The van der Waals surface area contributed by atoms with Crippen molar-refractivity contribution in [1.82, 2.24) is 4.98 Å². The van der Waals surface area contributed by atoms with Crippen molar-refractivity contribution < 1.29 is 9.15 Å². The van der Waals surface area contributed by atoms with Gasteiger partial charge >= 0.3 is 5.63 Å². The van der Waals surface area contributed by atoms with Crippen LogP contribution in [-0.4, -0.2) is 12.1 Å². The molecular weight excluding hydrogens is 288 g/mol. The summed E-state index contributed by atoms with van der Waals surface area (Å²) in [4.78, 5) is 16.3. The quantitative estimate of drug-likeness (QED) is 0.695. The first-order valence-electron chi connectivity index (χ1n) is 6.15. The Morgan fingerprint density at radius 2 is 2.29 bits per heavy atom. The summed E-state index contributed by atoms with van der Waals surface area (Å²) in [7, 11) is 1.58. The van der Waals surface area contributed by atoms with Crippen LogP contribution in [0.25, 0.3) is 22.2 Å². The van der Waals surface area contributed by atoms with Crippen LogP contribution in [0.3, 0.4) is 0 Å². The molecule has 3 aromatic rings. The van der Waals surface area contributed by atoms with Crippen molar-refractivity contribution in [2.24, 2.45) is 0 Å². The summed E-state index contributed by atoms with van der Waals surface area (Å²) in [6, 6.07) is 9.00. The van der Waals surface area contributed by atoms with Crippen LogP contribution in [0.1, 0.15) is 5.01 Å². The second kappa shape index (κ2) is 5.38. The van der Waals surface area contributed by atoms with Crippen molar-refractivity contribution in [1.29, 1.82) is 5.26 Å². The highest BCUT2D eigenvalue weighted by Gasteiger charge is 2.12. The Hall–Kier alpha value is -2.65. The highest BCUT2D eigenvalue weighted by Crippen LogP contribution is 2.25. The Morgan fingerprint density at radius 3 is 3.05 bits per heavy atom. The van der Waals surface area contributed by atoms with E-state index in [0.717, 1.165) is 5.39 Å². The second-order valence-electron chi connectivity index (χ2n) is 4.31. The fourth-order valence-corrected chi connectivity index (χ4v) is 2.72. The predicted molar refractivity (Wildman–Crippen MR) is 79.5 cm³/mol.